The molecule has 2 nitrogen and oxygen atoms in total. The molecule has 1 amide bonds. The minimum absolute atomic E-state index is 0.208. The maximum absolute atomic E-state index is 12.6. The second-order valence-electron chi connectivity index (χ2n) is 3.93. The highest BCUT2D eigenvalue weighted by molar-refractivity contribution is 5.95. The van der Waals surface area contributed by atoms with Crippen molar-refractivity contribution in [2.75, 3.05) is 5.32 Å². The van der Waals surface area contributed by atoms with Crippen molar-refractivity contribution in [2.24, 2.45) is 0 Å². The SMILES string of the molecule is Cc1cc(NC(=O)C(C)(F)F)cc(C(F)(F)F)c1. The first-order chi connectivity index (χ1) is 8.00. The molecule has 7 heteroatoms. The smallest absolute Gasteiger partial charge is 0.321 e. The van der Waals surface area contributed by atoms with Crippen molar-refractivity contribution in [3.05, 3.63) is 29.3 Å². The van der Waals surface area contributed by atoms with E-state index in [0.717, 1.165) is 6.07 Å². The van der Waals surface area contributed by atoms with Gasteiger partial charge in [-0.25, -0.2) is 0 Å². The van der Waals surface area contributed by atoms with Gasteiger partial charge in [0.1, 0.15) is 0 Å². The third-order valence-corrected chi connectivity index (χ3v) is 2.06. The molecule has 0 heterocycles. The predicted molar refractivity (Wildman–Crippen MR) is 55.4 cm³/mol. The molecule has 0 aromatic heterocycles. The van der Waals surface area contributed by atoms with E-state index in [1.165, 1.54) is 13.0 Å². The lowest BCUT2D eigenvalue weighted by molar-refractivity contribution is -0.138. The Morgan fingerprint density at radius 2 is 1.67 bits per heavy atom. The average molecular weight is 267 g/mol. The number of hydrogen-bond donors (Lipinski definition) is 1. The third-order valence-electron chi connectivity index (χ3n) is 2.06. The molecule has 0 aliphatic heterocycles. The maximum Gasteiger partial charge on any atom is 0.416 e. The van der Waals surface area contributed by atoms with Gasteiger partial charge in [-0.1, -0.05) is 0 Å². The summed E-state index contributed by atoms with van der Waals surface area (Å²) in [5.74, 6) is -5.30. The fourth-order valence-corrected chi connectivity index (χ4v) is 1.26. The highest BCUT2D eigenvalue weighted by Crippen LogP contribution is 2.32. The number of benzene rings is 1. The molecule has 0 spiro atoms. The molecule has 0 saturated carbocycles. The normalized spacial score (nSPS) is 12.4. The van der Waals surface area contributed by atoms with Crippen LogP contribution in [0.4, 0.5) is 27.6 Å². The summed E-state index contributed by atoms with van der Waals surface area (Å²) in [7, 11) is 0. The molecule has 1 aromatic rings. The predicted octanol–water partition coefficient (Wildman–Crippen LogP) is 3.61. The zero-order chi connectivity index (χ0) is 14.1. The van der Waals surface area contributed by atoms with Crippen LogP contribution < -0.4 is 5.32 Å². The first kappa shape index (κ1) is 14.4. The minimum atomic E-state index is -4.60. The summed E-state index contributed by atoms with van der Waals surface area (Å²) in [5.41, 5.74) is -1.11. The van der Waals surface area contributed by atoms with Gasteiger partial charge >= 0.3 is 12.1 Å². The van der Waals surface area contributed by atoms with Crippen molar-refractivity contribution >= 4 is 11.6 Å². The molecule has 0 atom stereocenters. The van der Waals surface area contributed by atoms with E-state index < -0.39 is 23.6 Å². The molecule has 0 fully saturated rings. The van der Waals surface area contributed by atoms with Gasteiger partial charge in [0.15, 0.2) is 0 Å². The van der Waals surface area contributed by atoms with E-state index >= 15 is 0 Å². The molecule has 0 unspecified atom stereocenters. The van der Waals surface area contributed by atoms with Crippen LogP contribution in [0.3, 0.4) is 0 Å². The number of hydrogen-bond acceptors (Lipinski definition) is 1. The Morgan fingerprint density at radius 1 is 1.11 bits per heavy atom. The first-order valence-corrected chi connectivity index (χ1v) is 4.88. The molecule has 0 aliphatic carbocycles. The van der Waals surface area contributed by atoms with Gasteiger partial charge in [0.2, 0.25) is 0 Å². The monoisotopic (exact) mass is 267 g/mol. The van der Waals surface area contributed by atoms with Crippen molar-refractivity contribution in [3.63, 3.8) is 0 Å². The number of alkyl halides is 5. The molecule has 1 rings (SSSR count). The topological polar surface area (TPSA) is 29.1 Å². The lowest BCUT2D eigenvalue weighted by atomic mass is 10.1. The quantitative estimate of drug-likeness (QED) is 0.815. The van der Waals surface area contributed by atoms with Gasteiger partial charge < -0.3 is 5.32 Å². The van der Waals surface area contributed by atoms with Crippen LogP contribution in [-0.2, 0) is 11.0 Å². The van der Waals surface area contributed by atoms with Crippen LogP contribution in [0, 0.1) is 6.92 Å². The molecule has 0 saturated heterocycles. The van der Waals surface area contributed by atoms with Crippen molar-refractivity contribution < 1.29 is 26.7 Å². The van der Waals surface area contributed by atoms with Gasteiger partial charge in [-0.2, -0.15) is 22.0 Å². The zero-order valence-electron chi connectivity index (χ0n) is 9.53. The Hall–Kier alpha value is -1.66. The van der Waals surface area contributed by atoms with E-state index in [-0.39, 0.29) is 11.3 Å². The standard InChI is InChI=1S/C11H10F5NO/c1-6-3-7(11(14,15)16)5-8(4-6)17-9(18)10(2,12)13/h3-5H,1-2H3,(H,17,18). The summed E-state index contributed by atoms with van der Waals surface area (Å²) in [5, 5.41) is 1.75. The molecule has 1 N–H and O–H groups in total. The van der Waals surface area contributed by atoms with Gasteiger partial charge in [0.05, 0.1) is 5.56 Å². The van der Waals surface area contributed by atoms with Gasteiger partial charge in [-0.15, -0.1) is 0 Å². The highest BCUT2D eigenvalue weighted by Gasteiger charge is 2.34. The molecule has 1 aromatic carbocycles. The number of anilines is 1. The lowest BCUT2D eigenvalue weighted by Crippen LogP contribution is -2.31. The lowest BCUT2D eigenvalue weighted by Gasteiger charge is -2.14. The van der Waals surface area contributed by atoms with Crippen molar-refractivity contribution in [3.8, 4) is 0 Å². The van der Waals surface area contributed by atoms with Gasteiger partial charge in [-0.3, -0.25) is 4.79 Å². The van der Waals surface area contributed by atoms with E-state index in [1.54, 1.807) is 5.32 Å². The van der Waals surface area contributed by atoms with E-state index in [4.69, 9.17) is 0 Å². The van der Waals surface area contributed by atoms with Crippen LogP contribution in [0.25, 0.3) is 0 Å². The Bertz CT molecular complexity index is 461. The molecule has 0 radical (unpaired) electrons. The zero-order valence-corrected chi connectivity index (χ0v) is 9.53. The summed E-state index contributed by atoms with van der Waals surface area (Å²) < 4.78 is 62.6. The average Bonchev–Trinajstić information content (AvgIpc) is 2.13. The van der Waals surface area contributed by atoms with Crippen molar-refractivity contribution in [2.45, 2.75) is 25.9 Å². The van der Waals surface area contributed by atoms with Gasteiger partial charge in [0.25, 0.3) is 5.91 Å². The van der Waals surface area contributed by atoms with Crippen molar-refractivity contribution in [1.82, 2.24) is 0 Å². The first-order valence-electron chi connectivity index (χ1n) is 4.88. The van der Waals surface area contributed by atoms with Crippen molar-refractivity contribution in [1.29, 1.82) is 0 Å². The van der Waals surface area contributed by atoms with E-state index in [1.807, 2.05) is 0 Å². The largest absolute Gasteiger partial charge is 0.416 e. The van der Waals surface area contributed by atoms with Crippen LogP contribution >= 0.6 is 0 Å². The highest BCUT2D eigenvalue weighted by atomic mass is 19.4. The number of halogens is 5. The van der Waals surface area contributed by atoms with Crippen LogP contribution in [0.2, 0.25) is 0 Å². The Morgan fingerprint density at radius 3 is 2.11 bits per heavy atom. The van der Waals surface area contributed by atoms with Crippen LogP contribution in [0.1, 0.15) is 18.1 Å². The molecular formula is C11H10F5NO. The summed E-state index contributed by atoms with van der Waals surface area (Å²) in [6.07, 6.45) is -4.60. The van der Waals surface area contributed by atoms with Crippen LogP contribution in [0.15, 0.2) is 18.2 Å². The number of carbonyl (C=O) groups is 1. The molecular weight excluding hydrogens is 257 g/mol. The number of rotatable bonds is 2. The summed E-state index contributed by atoms with van der Waals surface area (Å²) in [6, 6.07) is 2.65. The second-order valence-corrected chi connectivity index (χ2v) is 3.93. The number of aryl methyl sites for hydroxylation is 1. The Balaban J connectivity index is 3.05. The number of amides is 1. The summed E-state index contributed by atoms with van der Waals surface area (Å²) in [6.45, 7) is 1.73. The Kier molecular flexibility index (Phi) is 3.64. The fourth-order valence-electron chi connectivity index (χ4n) is 1.26. The summed E-state index contributed by atoms with van der Waals surface area (Å²) >= 11 is 0. The minimum Gasteiger partial charge on any atom is -0.321 e. The van der Waals surface area contributed by atoms with Crippen LogP contribution in [-0.4, -0.2) is 11.8 Å². The fraction of sp³-hybridized carbons (Fsp3) is 0.364. The van der Waals surface area contributed by atoms with E-state index in [0.29, 0.717) is 13.0 Å². The molecule has 0 bridgehead atoms. The Labute approximate surface area is 99.8 Å². The maximum atomic E-state index is 12.6. The number of nitrogens with one attached hydrogen (secondary N) is 1. The molecule has 18 heavy (non-hydrogen) atoms. The molecule has 100 valence electrons. The van der Waals surface area contributed by atoms with Crippen LogP contribution in [0.5, 0.6) is 0 Å². The number of carbonyl (C=O) groups excluding carboxylic acids is 1. The van der Waals surface area contributed by atoms with E-state index in [2.05, 4.69) is 0 Å². The molecule has 0 aliphatic rings. The summed E-state index contributed by atoms with van der Waals surface area (Å²) in [4.78, 5) is 11.0. The third kappa shape index (κ3) is 3.68. The van der Waals surface area contributed by atoms with E-state index in [9.17, 15) is 26.7 Å². The van der Waals surface area contributed by atoms with Gasteiger partial charge in [-0.05, 0) is 30.7 Å². The second kappa shape index (κ2) is 4.55. The van der Waals surface area contributed by atoms with Gasteiger partial charge in [0, 0.05) is 12.6 Å².